The highest BCUT2D eigenvalue weighted by molar-refractivity contribution is 7.98. The minimum Gasteiger partial charge on any atom is -0.451 e. The van der Waals surface area contributed by atoms with Gasteiger partial charge in [0.05, 0.1) is 22.8 Å². The van der Waals surface area contributed by atoms with Crippen molar-refractivity contribution in [2.45, 2.75) is 18.1 Å². The van der Waals surface area contributed by atoms with Crippen LogP contribution in [-0.4, -0.2) is 40.0 Å². The minimum atomic E-state index is -0.702. The fourth-order valence-corrected chi connectivity index (χ4v) is 4.12. The lowest BCUT2D eigenvalue weighted by atomic mass is 10.1. The summed E-state index contributed by atoms with van der Waals surface area (Å²) in [4.78, 5) is 42.4. The Labute approximate surface area is 206 Å². The molecule has 0 aliphatic carbocycles. The molecule has 4 aromatic rings. The van der Waals surface area contributed by atoms with Crippen molar-refractivity contribution in [1.82, 2.24) is 14.7 Å². The number of carbonyl (C=O) groups is 3. The van der Waals surface area contributed by atoms with E-state index >= 15 is 0 Å². The van der Waals surface area contributed by atoms with Crippen molar-refractivity contribution in [2.24, 2.45) is 0 Å². The van der Waals surface area contributed by atoms with Crippen LogP contribution in [0.1, 0.15) is 39.4 Å². The highest BCUT2D eigenvalue weighted by Gasteiger charge is 2.20. The third-order valence-corrected chi connectivity index (χ3v) is 5.97. The van der Waals surface area contributed by atoms with Gasteiger partial charge in [-0.05, 0) is 43.0 Å². The number of hydrogen-bond acceptors (Lipinski definition) is 6. The number of thioether (sulfide) groups is 1. The summed E-state index contributed by atoms with van der Waals surface area (Å²) in [5, 5.41) is 6.23. The zero-order valence-electron chi connectivity index (χ0n) is 19.2. The largest absolute Gasteiger partial charge is 0.451 e. The fourth-order valence-electron chi connectivity index (χ4n) is 3.58. The van der Waals surface area contributed by atoms with Crippen LogP contribution in [0.5, 0.6) is 0 Å². The van der Waals surface area contributed by atoms with Crippen LogP contribution >= 0.6 is 11.8 Å². The Kier molecular flexibility index (Phi) is 7.47. The van der Waals surface area contributed by atoms with Gasteiger partial charge in [0, 0.05) is 6.20 Å². The predicted octanol–water partition coefficient (Wildman–Crippen LogP) is 4.34. The molecule has 178 valence electrons. The molecule has 0 saturated carbocycles. The van der Waals surface area contributed by atoms with E-state index in [2.05, 4.69) is 15.6 Å². The number of anilines is 1. The topological polar surface area (TPSA) is 102 Å². The van der Waals surface area contributed by atoms with Gasteiger partial charge in [-0.3, -0.25) is 14.0 Å². The lowest BCUT2D eigenvalue weighted by molar-refractivity contribution is -0.119. The normalized spacial score (nSPS) is 11.6. The summed E-state index contributed by atoms with van der Waals surface area (Å²) in [5.74, 6) is -1.60. The molecule has 4 rings (SSSR count). The molecular weight excluding hydrogens is 464 g/mol. The first-order valence-corrected chi connectivity index (χ1v) is 12.1. The van der Waals surface area contributed by atoms with E-state index in [-0.39, 0.29) is 17.6 Å². The molecule has 0 spiro atoms. The SMILES string of the molecule is CSc1nc(C(=O)OCC(=O)Nc2ccccc2C(=O)NC(C)c2ccccc2)c2ccccn12. The molecule has 0 radical (unpaired) electrons. The zero-order valence-corrected chi connectivity index (χ0v) is 20.0. The van der Waals surface area contributed by atoms with Crippen LogP contribution in [0.3, 0.4) is 0 Å². The van der Waals surface area contributed by atoms with Gasteiger partial charge < -0.3 is 15.4 Å². The average Bonchev–Trinajstić information content (AvgIpc) is 3.27. The van der Waals surface area contributed by atoms with E-state index in [1.54, 1.807) is 47.0 Å². The van der Waals surface area contributed by atoms with Crippen molar-refractivity contribution < 1.29 is 19.1 Å². The van der Waals surface area contributed by atoms with E-state index in [1.165, 1.54) is 11.8 Å². The molecule has 0 aliphatic rings. The third kappa shape index (κ3) is 5.52. The smallest absolute Gasteiger partial charge is 0.359 e. The van der Waals surface area contributed by atoms with E-state index in [0.29, 0.717) is 21.9 Å². The number of ether oxygens (including phenoxy) is 1. The number of nitrogens with zero attached hydrogens (tertiary/aromatic N) is 2. The molecule has 2 amide bonds. The third-order valence-electron chi connectivity index (χ3n) is 5.32. The number of esters is 1. The van der Waals surface area contributed by atoms with Gasteiger partial charge in [0.1, 0.15) is 0 Å². The van der Waals surface area contributed by atoms with Gasteiger partial charge in [-0.2, -0.15) is 0 Å². The van der Waals surface area contributed by atoms with Gasteiger partial charge in [-0.15, -0.1) is 0 Å². The second kappa shape index (κ2) is 10.9. The van der Waals surface area contributed by atoms with E-state index in [1.807, 2.05) is 49.6 Å². The van der Waals surface area contributed by atoms with Crippen LogP contribution in [0, 0.1) is 0 Å². The van der Waals surface area contributed by atoms with E-state index < -0.39 is 18.5 Å². The Morgan fingerprint density at radius 3 is 2.49 bits per heavy atom. The molecule has 1 atom stereocenters. The van der Waals surface area contributed by atoms with Gasteiger partial charge in [0.25, 0.3) is 11.8 Å². The summed E-state index contributed by atoms with van der Waals surface area (Å²) >= 11 is 1.40. The first-order valence-electron chi connectivity index (χ1n) is 10.9. The van der Waals surface area contributed by atoms with Crippen molar-refractivity contribution in [3.05, 3.63) is 95.8 Å². The molecule has 2 N–H and O–H groups in total. The number of aromatic nitrogens is 2. The molecule has 35 heavy (non-hydrogen) atoms. The molecular formula is C26H24N4O4S. The van der Waals surface area contributed by atoms with E-state index in [4.69, 9.17) is 4.74 Å². The fraction of sp³-hybridized carbons (Fsp3) is 0.154. The monoisotopic (exact) mass is 488 g/mol. The van der Waals surface area contributed by atoms with Crippen LogP contribution < -0.4 is 10.6 Å². The Hall–Kier alpha value is -4.11. The van der Waals surface area contributed by atoms with E-state index in [0.717, 1.165) is 5.56 Å². The molecule has 2 heterocycles. The number of imidazole rings is 1. The number of pyridine rings is 1. The molecule has 1 unspecified atom stereocenters. The predicted molar refractivity (Wildman–Crippen MR) is 135 cm³/mol. The Bertz CT molecular complexity index is 1370. The first kappa shape index (κ1) is 24.0. The highest BCUT2D eigenvalue weighted by atomic mass is 32.2. The lowest BCUT2D eigenvalue weighted by Crippen LogP contribution is -2.28. The highest BCUT2D eigenvalue weighted by Crippen LogP contribution is 2.21. The molecule has 0 fully saturated rings. The summed E-state index contributed by atoms with van der Waals surface area (Å²) in [7, 11) is 0. The first-order chi connectivity index (χ1) is 17.0. The molecule has 9 heteroatoms. The summed E-state index contributed by atoms with van der Waals surface area (Å²) in [6.45, 7) is 1.37. The average molecular weight is 489 g/mol. The number of carbonyl (C=O) groups excluding carboxylic acids is 3. The number of hydrogen-bond donors (Lipinski definition) is 2. The van der Waals surface area contributed by atoms with Crippen LogP contribution in [0.2, 0.25) is 0 Å². The zero-order chi connectivity index (χ0) is 24.8. The summed E-state index contributed by atoms with van der Waals surface area (Å²) in [5.41, 5.74) is 2.32. The lowest BCUT2D eigenvalue weighted by Gasteiger charge is -2.16. The van der Waals surface area contributed by atoms with Crippen LogP contribution in [0.25, 0.3) is 5.52 Å². The maximum Gasteiger partial charge on any atom is 0.359 e. The second-order valence-corrected chi connectivity index (χ2v) is 8.45. The molecule has 2 aromatic heterocycles. The summed E-state index contributed by atoms with van der Waals surface area (Å²) < 4.78 is 7.00. The molecule has 0 saturated heterocycles. The van der Waals surface area contributed by atoms with E-state index in [9.17, 15) is 14.4 Å². The maximum atomic E-state index is 12.9. The standard InChI is InChI=1S/C26H24N4O4S/c1-17(18-10-4-3-5-11-18)27-24(32)19-12-6-7-13-20(19)28-22(31)16-34-25(33)23-21-14-8-9-15-30(21)26(29-23)35-2/h3-15,17H,16H2,1-2H3,(H,27,32)(H,28,31). The maximum absolute atomic E-state index is 12.9. The van der Waals surface area contributed by atoms with Gasteiger partial charge in [0.15, 0.2) is 17.5 Å². The van der Waals surface area contributed by atoms with Crippen molar-refractivity contribution in [3.8, 4) is 0 Å². The van der Waals surface area contributed by atoms with Crippen molar-refractivity contribution in [2.75, 3.05) is 18.2 Å². The number of para-hydroxylation sites is 1. The summed E-state index contributed by atoms with van der Waals surface area (Å²) in [6.07, 6.45) is 3.66. The Morgan fingerprint density at radius 1 is 1.00 bits per heavy atom. The minimum absolute atomic E-state index is 0.137. The number of fused-ring (bicyclic) bond motifs is 1. The van der Waals surface area contributed by atoms with Gasteiger partial charge >= 0.3 is 5.97 Å². The van der Waals surface area contributed by atoms with Crippen LogP contribution in [-0.2, 0) is 9.53 Å². The Balaban J connectivity index is 1.40. The number of nitrogens with one attached hydrogen (secondary N) is 2. The quantitative estimate of drug-likeness (QED) is 0.283. The van der Waals surface area contributed by atoms with Gasteiger partial charge in [-0.25, -0.2) is 9.78 Å². The van der Waals surface area contributed by atoms with Crippen LogP contribution in [0.4, 0.5) is 5.69 Å². The van der Waals surface area contributed by atoms with Gasteiger partial charge in [0.2, 0.25) is 0 Å². The van der Waals surface area contributed by atoms with Crippen LogP contribution in [0.15, 0.2) is 84.1 Å². The molecule has 8 nitrogen and oxygen atoms in total. The molecule has 0 aliphatic heterocycles. The second-order valence-electron chi connectivity index (χ2n) is 7.68. The molecule has 2 aromatic carbocycles. The number of amides is 2. The Morgan fingerprint density at radius 2 is 1.71 bits per heavy atom. The number of benzene rings is 2. The number of rotatable bonds is 8. The molecule has 0 bridgehead atoms. The van der Waals surface area contributed by atoms with Crippen molar-refractivity contribution in [3.63, 3.8) is 0 Å². The van der Waals surface area contributed by atoms with Crippen molar-refractivity contribution >= 4 is 40.7 Å². The van der Waals surface area contributed by atoms with Crippen molar-refractivity contribution in [1.29, 1.82) is 0 Å². The summed E-state index contributed by atoms with van der Waals surface area (Å²) in [6, 6.07) is 21.4. The van der Waals surface area contributed by atoms with Gasteiger partial charge in [-0.1, -0.05) is 60.3 Å².